The molecule has 0 saturated heterocycles. The first-order chi connectivity index (χ1) is 55.4. The van der Waals surface area contributed by atoms with Gasteiger partial charge in [0, 0.05) is 81.4 Å². The van der Waals surface area contributed by atoms with E-state index in [1.165, 1.54) is 48.5 Å². The summed E-state index contributed by atoms with van der Waals surface area (Å²) in [7, 11) is 0. The molecule has 0 aliphatic heterocycles. The van der Waals surface area contributed by atoms with E-state index in [0.717, 1.165) is 40.7 Å². The molecular formula is C73H78F8N8O4S2. The van der Waals surface area contributed by atoms with Gasteiger partial charge >= 0.3 is 12.4 Å². The molecule has 0 spiro atoms. The van der Waals surface area contributed by atoms with E-state index in [1.807, 2.05) is 18.7 Å². The number of carbonyl (C=O) groups is 2. The van der Waals surface area contributed by atoms with Gasteiger partial charge in [-0.15, -0.1) is 0 Å². The maximum absolute atomic E-state index is 15.0. The zero-order valence-corrected chi connectivity index (χ0v) is 53.3. The first-order valence-corrected chi connectivity index (χ1v) is 31.7. The lowest BCUT2D eigenvalue weighted by Gasteiger charge is -2.28. The number of fused-ring (bicyclic) bond motifs is 2. The fourth-order valence-corrected chi connectivity index (χ4v) is 11.4. The molecule has 22 heteroatoms. The molecule has 0 fully saturated rings. The van der Waals surface area contributed by atoms with Gasteiger partial charge in [0.15, 0.2) is 10.3 Å². The van der Waals surface area contributed by atoms with Crippen molar-refractivity contribution in [2.75, 3.05) is 52.4 Å². The number of benzene rings is 6. The van der Waals surface area contributed by atoms with Crippen molar-refractivity contribution in [1.82, 2.24) is 38.7 Å². The zero-order chi connectivity index (χ0) is 90.1. The van der Waals surface area contributed by atoms with E-state index < -0.39 is 221 Å². The van der Waals surface area contributed by atoms with Gasteiger partial charge in [-0.3, -0.25) is 19.2 Å². The number of likely N-dealkylation sites (N-methyl/N-ethyl adjacent to an activating group) is 2. The van der Waals surface area contributed by atoms with Crippen molar-refractivity contribution < 1.29 is 79.0 Å². The van der Waals surface area contributed by atoms with Gasteiger partial charge in [-0.2, -0.15) is 36.3 Å². The molecule has 2 aliphatic carbocycles. The van der Waals surface area contributed by atoms with Crippen molar-refractivity contribution in [2.45, 2.75) is 133 Å². The highest BCUT2D eigenvalue weighted by Gasteiger charge is 2.33. The SMILES string of the molecule is [2H]c1c([2H])c(C([2H])([2H])N(CCN(CC)CC)C(=O)C([2H])([2H])n2c(SCc3ccc(F)cc3)nc(=O)c3c2C([2H])([2H])C([2H])([2H])C3([2H])[2H])c([2H])c([2H])c1-c1c([2H])c([2H])c(C(F)(F)F)c(C)c1[2H].[2H]c1c([2H])c(CSc2nc(=O)c3c(n2C([2H])([2H])C(=O)N(CCN(CC)CC)C([2H])([2H])c2ccc(-c4ccc(C(F)(F)F)cc4)cc2)CCC3)c([2H])c([2H])c1F. The number of nitrogens with zero attached hydrogens (tertiary/aromatic N) is 8. The third-order valence-electron chi connectivity index (χ3n) is 14.9. The van der Waals surface area contributed by atoms with Crippen molar-refractivity contribution >= 4 is 35.3 Å². The second-order valence-electron chi connectivity index (χ2n) is 21.0. The highest BCUT2D eigenvalue weighted by Crippen LogP contribution is 2.36. The number of aromatic nitrogens is 4. The molecule has 12 nitrogen and oxygen atoms in total. The summed E-state index contributed by atoms with van der Waals surface area (Å²) in [5, 5.41) is -1.15. The number of hydrogen-bond donors (Lipinski definition) is 0. The van der Waals surface area contributed by atoms with E-state index in [4.69, 9.17) is 23.3 Å². The molecule has 2 aliphatic rings. The molecule has 6 aromatic carbocycles. The monoisotopic (exact) mass is 1370 g/mol. The Morgan fingerprint density at radius 3 is 1.59 bits per heavy atom. The Labute approximate surface area is 592 Å². The van der Waals surface area contributed by atoms with Crippen LogP contribution in [0.2, 0.25) is 0 Å². The molecule has 0 bridgehead atoms. The normalized spacial score (nSPS) is 18.8. The van der Waals surface area contributed by atoms with Crippen LogP contribution in [-0.2, 0) is 85.0 Å². The molecule has 95 heavy (non-hydrogen) atoms. The molecule has 2 heterocycles. The van der Waals surface area contributed by atoms with Crippen LogP contribution in [0.25, 0.3) is 22.3 Å². The molecule has 0 unspecified atom stereocenters. The summed E-state index contributed by atoms with van der Waals surface area (Å²) in [4.78, 5) is 68.7. The molecular weight excluding hydrogens is 1270 g/mol. The number of carbonyl (C=O) groups excluding carboxylic acids is 2. The van der Waals surface area contributed by atoms with Crippen molar-refractivity contribution in [3.63, 3.8) is 0 Å². The van der Waals surface area contributed by atoms with E-state index in [0.29, 0.717) is 59.7 Å². The molecule has 502 valence electrons. The Hall–Kier alpha value is -7.92. The van der Waals surface area contributed by atoms with Crippen LogP contribution < -0.4 is 11.1 Å². The number of alkyl halides is 6. The molecule has 10 rings (SSSR count). The minimum absolute atomic E-state index is 0.0376. The minimum atomic E-state index is -5.21. The van der Waals surface area contributed by atoms with Gasteiger partial charge in [0.05, 0.1) is 37.2 Å². The molecule has 0 saturated carbocycles. The van der Waals surface area contributed by atoms with Crippen molar-refractivity contribution in [2.24, 2.45) is 0 Å². The van der Waals surface area contributed by atoms with Gasteiger partial charge in [-0.25, -0.2) is 8.78 Å². The average molecular weight is 1370 g/mol. The Bertz CT molecular complexity index is 5330. The number of amides is 2. The summed E-state index contributed by atoms with van der Waals surface area (Å²) in [6.07, 6.45) is -19.6. The Kier molecular flexibility index (Phi) is 15.4. The summed E-state index contributed by atoms with van der Waals surface area (Å²) in [5.74, 6) is -5.92. The van der Waals surface area contributed by atoms with Gasteiger partial charge in [0.25, 0.3) is 11.1 Å². The first kappa shape index (κ1) is 44.7. The molecule has 0 N–H and O–H groups in total. The van der Waals surface area contributed by atoms with Crippen LogP contribution in [-0.4, -0.2) is 103 Å². The molecule has 2 amide bonds. The van der Waals surface area contributed by atoms with Crippen LogP contribution in [0.4, 0.5) is 35.1 Å². The van der Waals surface area contributed by atoms with Crippen LogP contribution >= 0.6 is 23.5 Å². The fourth-order valence-electron chi connectivity index (χ4n) is 9.66. The lowest BCUT2D eigenvalue weighted by atomic mass is 9.98. The van der Waals surface area contributed by atoms with E-state index in [1.54, 1.807) is 18.7 Å². The topological polar surface area (TPSA) is 117 Å². The Balaban J connectivity index is 0.000000277. The van der Waals surface area contributed by atoms with Crippen LogP contribution in [0, 0.1) is 18.6 Å². The average Bonchev–Trinajstić information content (AvgIpc) is 1.51. The second kappa shape index (κ2) is 32.7. The summed E-state index contributed by atoms with van der Waals surface area (Å²) >= 11 is 1.14. The Morgan fingerprint density at radius 1 is 0.547 bits per heavy atom. The van der Waals surface area contributed by atoms with E-state index in [-0.39, 0.29) is 88.3 Å². The van der Waals surface area contributed by atoms with Gasteiger partial charge in [-0.1, -0.05) is 148 Å². The van der Waals surface area contributed by atoms with Crippen molar-refractivity contribution in [3.05, 3.63) is 233 Å². The van der Waals surface area contributed by atoms with Crippen LogP contribution in [0.5, 0.6) is 0 Å². The summed E-state index contributed by atoms with van der Waals surface area (Å²) in [6.45, 7) is -4.86. The lowest BCUT2D eigenvalue weighted by Crippen LogP contribution is -2.40. The third kappa shape index (κ3) is 19.0. The predicted octanol–water partition coefficient (Wildman–Crippen LogP) is 14.7. The number of halogens is 8. The number of thioether (sulfide) groups is 2. The largest absolute Gasteiger partial charge is 0.416 e. The standard InChI is InChI=1S/C37H40F4N4O2S.C36H38F4N4O2S/c1-4-43(5-2)19-20-44(22-26-9-13-28(14-10-26)29-15-18-32(25(3)21-29)37(39,40)41)34(46)23-45-33-8-6-7-31(33)35(47)42-36(45)48-24-27-11-16-30(38)17-12-27;1-3-42(4-2)20-21-43(22-25-8-12-27(13-9-25)28-14-16-29(17-15-28)36(38,39)40)33(45)23-44-32-7-5-6-31(32)34(46)41-35(44)47-24-26-10-18-30(37)19-11-26/h9-18,21H,4-8,19-20,22-24H2,1-3H3;8-19H,3-7,20-24H2,1-2H3/i6D2,7D2,8D2,9D,10D,13D,14D,15D,18D,21D,22D2,23D2;10D,11D,18D,19D,22D2,23D2. The minimum Gasteiger partial charge on any atom is -0.336 e. The molecule has 2 aromatic heterocycles. The molecule has 8 aromatic rings. The van der Waals surface area contributed by atoms with E-state index in [9.17, 15) is 60.5 Å². The zero-order valence-electron chi connectivity index (χ0n) is 76.7. The summed E-state index contributed by atoms with van der Waals surface area (Å²) < 4.78 is 329. The van der Waals surface area contributed by atoms with Crippen molar-refractivity contribution in [3.8, 4) is 22.3 Å². The molecule has 0 atom stereocenters. The van der Waals surface area contributed by atoms with Crippen molar-refractivity contribution in [1.29, 1.82) is 0 Å². The second-order valence-corrected chi connectivity index (χ2v) is 22.9. The van der Waals surface area contributed by atoms with E-state index in [2.05, 4.69) is 9.97 Å². The third-order valence-corrected chi connectivity index (χ3v) is 16.9. The quantitative estimate of drug-likeness (QED) is 0.0295. The predicted molar refractivity (Wildman–Crippen MR) is 358 cm³/mol. The maximum Gasteiger partial charge on any atom is 0.416 e. The van der Waals surface area contributed by atoms with Crippen LogP contribution in [0.15, 0.2) is 159 Å². The molecule has 0 radical (unpaired) electrons. The van der Waals surface area contributed by atoms with Crippen LogP contribution in [0.3, 0.4) is 0 Å². The Morgan fingerprint density at radius 2 is 1.04 bits per heavy atom. The van der Waals surface area contributed by atoms with Crippen LogP contribution in [0.1, 0.15) is 136 Å². The highest BCUT2D eigenvalue weighted by atomic mass is 32.2. The smallest absolute Gasteiger partial charge is 0.336 e. The first-order valence-electron chi connectivity index (χ1n) is 42.2. The lowest BCUT2D eigenvalue weighted by molar-refractivity contribution is -0.138. The van der Waals surface area contributed by atoms with Gasteiger partial charge < -0.3 is 28.7 Å². The number of rotatable bonds is 26. The van der Waals surface area contributed by atoms with Gasteiger partial charge in [0.1, 0.15) is 24.6 Å². The highest BCUT2D eigenvalue weighted by molar-refractivity contribution is 7.98. The van der Waals surface area contributed by atoms with Gasteiger partial charge in [-0.05, 0) is 164 Å². The summed E-state index contributed by atoms with van der Waals surface area (Å²) in [5.41, 5.74) is -9.96. The van der Waals surface area contributed by atoms with E-state index >= 15 is 4.79 Å². The maximum atomic E-state index is 15.0. The van der Waals surface area contributed by atoms with Gasteiger partial charge in [0.2, 0.25) is 11.8 Å². The number of hydrogen-bond acceptors (Lipinski definition) is 10. The fraction of sp³-hybridized carbons (Fsp3) is 0.370. The summed E-state index contributed by atoms with van der Waals surface area (Å²) in [6, 6.07) is 2.90.